The van der Waals surface area contributed by atoms with Gasteiger partial charge in [0.2, 0.25) is 0 Å². The Kier molecular flexibility index (Phi) is 11.1. The molecule has 0 amide bonds. The van der Waals surface area contributed by atoms with Crippen LogP contribution in [0.5, 0.6) is 0 Å². The van der Waals surface area contributed by atoms with Crippen molar-refractivity contribution in [3.8, 4) is 0 Å². The number of rotatable bonds is 12. The highest BCUT2D eigenvalue weighted by molar-refractivity contribution is 7.52. The van der Waals surface area contributed by atoms with Gasteiger partial charge in [-0.3, -0.25) is 14.2 Å². The van der Waals surface area contributed by atoms with Gasteiger partial charge in [0.05, 0.1) is 29.7 Å². The molecule has 0 bridgehead atoms. The van der Waals surface area contributed by atoms with Gasteiger partial charge >= 0.3 is 19.5 Å². The molecule has 1 aromatic carbocycles. The molecule has 0 spiro atoms. The number of hydrogen-bond acceptors (Lipinski definition) is 8. The smallest absolute Gasteiger partial charge is 0.388 e. The van der Waals surface area contributed by atoms with Gasteiger partial charge in [0, 0.05) is 5.92 Å². The Morgan fingerprint density at radius 2 is 1.39 bits per heavy atom. The van der Waals surface area contributed by atoms with E-state index in [4.69, 9.17) is 23.9 Å². The van der Waals surface area contributed by atoms with E-state index < -0.39 is 48.2 Å². The molecule has 0 aliphatic heterocycles. The average Bonchev–Trinajstić information content (AvgIpc) is 2.69. The Morgan fingerprint density at radius 1 is 0.917 bits per heavy atom. The van der Waals surface area contributed by atoms with Crippen LogP contribution in [0.25, 0.3) is 0 Å². The summed E-state index contributed by atoms with van der Waals surface area (Å²) >= 11 is 0. The Morgan fingerprint density at radius 3 is 1.75 bits per heavy atom. The Balaban J connectivity index is 3.11. The first-order valence-corrected chi connectivity index (χ1v) is 13.5. The minimum atomic E-state index is -3.87. The summed E-state index contributed by atoms with van der Waals surface area (Å²) in [5.74, 6) is -3.47. The first-order chi connectivity index (χ1) is 16.2. The van der Waals surface area contributed by atoms with Crippen molar-refractivity contribution in [2.45, 2.75) is 97.6 Å². The third-order valence-corrected chi connectivity index (χ3v) is 5.71. The van der Waals surface area contributed by atoms with Gasteiger partial charge in [-0.2, -0.15) is 0 Å². The number of carboxylic acid groups (broad SMARTS) is 1. The first kappa shape index (κ1) is 32.0. The molecule has 2 atom stereocenters. The number of carboxylic acids is 1. The van der Waals surface area contributed by atoms with Crippen LogP contribution >= 0.6 is 7.60 Å². The van der Waals surface area contributed by atoms with Gasteiger partial charge in [0.15, 0.2) is 0 Å². The van der Waals surface area contributed by atoms with E-state index >= 15 is 0 Å². The summed E-state index contributed by atoms with van der Waals surface area (Å²) in [5, 5.41) is 9.79. The first-order valence-electron chi connectivity index (χ1n) is 11.7. The van der Waals surface area contributed by atoms with Crippen molar-refractivity contribution >= 4 is 19.5 Å². The lowest BCUT2D eigenvalue weighted by molar-refractivity contribution is -0.326. The van der Waals surface area contributed by atoms with Crippen LogP contribution in [0.2, 0.25) is 0 Å². The molecule has 36 heavy (non-hydrogen) atoms. The summed E-state index contributed by atoms with van der Waals surface area (Å²) in [5.41, 5.74) is -0.988. The van der Waals surface area contributed by atoms with Gasteiger partial charge in [-0.1, -0.05) is 30.3 Å². The van der Waals surface area contributed by atoms with Gasteiger partial charge in [-0.25, -0.2) is 9.78 Å². The van der Waals surface area contributed by atoms with Crippen molar-refractivity contribution in [3.63, 3.8) is 0 Å². The monoisotopic (exact) mass is 528 g/mol. The molecule has 1 rings (SSSR count). The van der Waals surface area contributed by atoms with E-state index in [1.165, 1.54) is 6.08 Å². The largest absolute Gasteiger partial charge is 0.481 e. The van der Waals surface area contributed by atoms with Gasteiger partial charge in [0.25, 0.3) is 0 Å². The van der Waals surface area contributed by atoms with Crippen LogP contribution < -0.4 is 0 Å². The highest BCUT2D eigenvalue weighted by Gasteiger charge is 2.34. The van der Waals surface area contributed by atoms with Crippen molar-refractivity contribution < 1.29 is 43.1 Å². The van der Waals surface area contributed by atoms with Crippen LogP contribution in [0.15, 0.2) is 36.9 Å². The third-order valence-electron chi connectivity index (χ3n) is 4.35. The second-order valence-electron chi connectivity index (χ2n) is 11.5. The molecule has 0 aliphatic carbocycles. The summed E-state index contributed by atoms with van der Waals surface area (Å²) in [6.45, 7) is 19.3. The molecule has 0 aromatic heterocycles. The van der Waals surface area contributed by atoms with E-state index in [2.05, 4.69) is 6.58 Å². The number of allylic oxidation sites excluding steroid dienone is 1. The Hall–Kier alpha value is -2.03. The predicted octanol–water partition coefficient (Wildman–Crippen LogP) is 6.58. The molecule has 10 heteroatoms. The summed E-state index contributed by atoms with van der Waals surface area (Å²) in [6.07, 6.45) is 1.03. The maximum absolute atomic E-state index is 13.3. The van der Waals surface area contributed by atoms with E-state index in [1.54, 1.807) is 86.6 Å². The number of aliphatic carboxylic acids is 1. The molecule has 0 saturated carbocycles. The summed E-state index contributed by atoms with van der Waals surface area (Å²) in [4.78, 5) is 34.8. The standard InChI is InChI=1S/C26H41O9P/c1-11-20(21(23(28)29)16-22(27)31-24(2,3)4)19-14-12-18(13-15-19)17-36(30,34-32-25(5,6)7)35-33-26(8,9)10/h11-15,20-21H,1,16-17H2,2-10H3,(H,28,29)/t20-,21+/m1/s1. The lowest BCUT2D eigenvalue weighted by atomic mass is 9.83. The number of ether oxygens (including phenoxy) is 1. The molecular weight excluding hydrogens is 487 g/mol. The summed E-state index contributed by atoms with van der Waals surface area (Å²) < 4.78 is 29.1. The average molecular weight is 529 g/mol. The third kappa shape index (κ3) is 12.3. The maximum atomic E-state index is 13.3. The number of benzene rings is 1. The second kappa shape index (κ2) is 12.5. The lowest BCUT2D eigenvalue weighted by Gasteiger charge is -2.26. The zero-order valence-corrected chi connectivity index (χ0v) is 23.7. The van der Waals surface area contributed by atoms with Crippen LogP contribution in [0.3, 0.4) is 0 Å². The van der Waals surface area contributed by atoms with Crippen LogP contribution in [-0.2, 0) is 44.2 Å². The Labute approximate surface area is 214 Å². The van der Waals surface area contributed by atoms with Crippen molar-refractivity contribution in [2.24, 2.45) is 5.92 Å². The van der Waals surface area contributed by atoms with E-state index in [0.29, 0.717) is 11.1 Å². The second-order valence-corrected chi connectivity index (χ2v) is 13.4. The van der Waals surface area contributed by atoms with Crippen molar-refractivity contribution in [2.75, 3.05) is 0 Å². The van der Waals surface area contributed by atoms with E-state index in [0.717, 1.165) is 0 Å². The Bertz CT molecular complexity index is 912. The molecule has 0 aliphatic rings. The molecule has 204 valence electrons. The van der Waals surface area contributed by atoms with E-state index in [-0.39, 0.29) is 12.6 Å². The zero-order valence-electron chi connectivity index (χ0n) is 22.8. The molecule has 0 heterocycles. The number of carbonyl (C=O) groups excluding carboxylic acids is 1. The van der Waals surface area contributed by atoms with Crippen molar-refractivity contribution in [1.82, 2.24) is 0 Å². The summed E-state index contributed by atoms with van der Waals surface area (Å²) in [7, 11) is -3.87. The van der Waals surface area contributed by atoms with Crippen LogP contribution in [0, 0.1) is 5.92 Å². The molecule has 9 nitrogen and oxygen atoms in total. The highest BCUT2D eigenvalue weighted by atomic mass is 31.2. The van der Waals surface area contributed by atoms with Crippen LogP contribution in [0.4, 0.5) is 0 Å². The SMILES string of the molecule is C=C[C@H](c1ccc(CP(=O)(OOC(C)(C)C)OOC(C)(C)C)cc1)[C@H](CC(=O)OC(C)(C)C)C(=O)O. The van der Waals surface area contributed by atoms with E-state index in [1.807, 2.05) is 0 Å². The predicted molar refractivity (Wildman–Crippen MR) is 136 cm³/mol. The number of carbonyl (C=O) groups is 2. The summed E-state index contributed by atoms with van der Waals surface area (Å²) in [6, 6.07) is 6.72. The number of esters is 1. The molecule has 1 aromatic rings. The molecule has 0 saturated heterocycles. The molecule has 1 N–H and O–H groups in total. The minimum absolute atomic E-state index is 0.154. The highest BCUT2D eigenvalue weighted by Crippen LogP contribution is 2.53. The maximum Gasteiger partial charge on any atom is 0.388 e. The molecule has 0 unspecified atom stereocenters. The fourth-order valence-corrected chi connectivity index (χ4v) is 4.40. The van der Waals surface area contributed by atoms with Crippen molar-refractivity contribution in [3.05, 3.63) is 48.0 Å². The van der Waals surface area contributed by atoms with Gasteiger partial charge in [-0.05, 0) is 73.4 Å². The van der Waals surface area contributed by atoms with Crippen molar-refractivity contribution in [1.29, 1.82) is 0 Å². The number of hydrogen-bond donors (Lipinski definition) is 1. The zero-order chi connectivity index (χ0) is 27.9. The van der Waals surface area contributed by atoms with Gasteiger partial charge in [-0.15, -0.1) is 15.9 Å². The minimum Gasteiger partial charge on any atom is -0.481 e. The van der Waals surface area contributed by atoms with Gasteiger partial charge in [0.1, 0.15) is 5.60 Å². The lowest BCUT2D eigenvalue weighted by Crippen LogP contribution is -2.29. The van der Waals surface area contributed by atoms with Crippen LogP contribution in [0.1, 0.15) is 85.8 Å². The molecule has 0 fully saturated rings. The van der Waals surface area contributed by atoms with Crippen LogP contribution in [-0.4, -0.2) is 33.8 Å². The van der Waals surface area contributed by atoms with E-state index in [9.17, 15) is 19.3 Å². The van der Waals surface area contributed by atoms with Gasteiger partial charge < -0.3 is 9.84 Å². The normalized spacial score (nSPS) is 14.7. The quantitative estimate of drug-likeness (QED) is 0.106. The fourth-order valence-electron chi connectivity index (χ4n) is 2.93. The fraction of sp³-hybridized carbons (Fsp3) is 0.615. The molecule has 0 radical (unpaired) electrons. The topological polar surface area (TPSA) is 118 Å². The molecular formula is C26H41O9P.